The molecule has 0 saturated carbocycles. The van der Waals surface area contributed by atoms with Crippen molar-refractivity contribution in [3.63, 3.8) is 0 Å². The summed E-state index contributed by atoms with van der Waals surface area (Å²) in [4.78, 5) is 12.0. The first-order valence-corrected chi connectivity index (χ1v) is 8.09. The van der Waals surface area contributed by atoms with Crippen LogP contribution in [0.3, 0.4) is 0 Å². The summed E-state index contributed by atoms with van der Waals surface area (Å²) in [5.41, 5.74) is 3.32. The van der Waals surface area contributed by atoms with E-state index >= 15 is 0 Å². The molecule has 0 unspecified atom stereocenters. The molecule has 0 aliphatic heterocycles. The lowest BCUT2D eigenvalue weighted by Gasteiger charge is -2.21. The third-order valence-electron chi connectivity index (χ3n) is 3.58. The second-order valence-electron chi connectivity index (χ2n) is 6.01. The Bertz CT molecular complexity index is 665. The molecular weight excluding hydrogens is 308 g/mol. The van der Waals surface area contributed by atoms with Crippen LogP contribution < -0.4 is 10.6 Å². The van der Waals surface area contributed by atoms with E-state index in [0.717, 1.165) is 5.69 Å². The van der Waals surface area contributed by atoms with Crippen molar-refractivity contribution < 1.29 is 9.21 Å². The Hall–Kier alpha value is -2.14. The second kappa shape index (κ2) is 7.42. The minimum Gasteiger partial charge on any atom is -0.459 e. The lowest BCUT2D eigenvalue weighted by atomic mass is 9.93. The summed E-state index contributed by atoms with van der Waals surface area (Å²) in [5.74, 6) is 0.565. The molecule has 1 aromatic heterocycles. The fraction of sp³-hybridized carbons (Fsp3) is 0.333. The van der Waals surface area contributed by atoms with E-state index in [0.29, 0.717) is 11.8 Å². The van der Waals surface area contributed by atoms with Crippen LogP contribution in [0.25, 0.3) is 0 Å². The van der Waals surface area contributed by atoms with Crippen LogP contribution >= 0.6 is 12.2 Å². The third-order valence-corrected chi connectivity index (χ3v) is 3.79. The number of hydrogen-bond donors (Lipinski definition) is 2. The molecule has 0 aliphatic carbocycles. The lowest BCUT2D eigenvalue weighted by molar-refractivity contribution is 0.0950. The molecule has 0 saturated heterocycles. The van der Waals surface area contributed by atoms with Crippen LogP contribution in [0.5, 0.6) is 0 Å². The molecule has 0 radical (unpaired) electrons. The van der Waals surface area contributed by atoms with E-state index in [9.17, 15) is 4.79 Å². The molecule has 0 spiro atoms. The maximum Gasteiger partial charge on any atom is 0.293 e. The number of para-hydroxylation sites is 1. The summed E-state index contributed by atoms with van der Waals surface area (Å²) in [7, 11) is 0. The van der Waals surface area contributed by atoms with Gasteiger partial charge in [-0.05, 0) is 47.3 Å². The minimum atomic E-state index is -0.361. The Morgan fingerprint density at radius 3 is 2.13 bits per heavy atom. The van der Waals surface area contributed by atoms with Gasteiger partial charge in [0.25, 0.3) is 5.91 Å². The highest BCUT2D eigenvalue weighted by Crippen LogP contribution is 2.32. The number of amides is 1. The maximum absolute atomic E-state index is 12.0. The molecule has 0 fully saturated rings. The Balaban J connectivity index is 2.21. The normalized spacial score (nSPS) is 10.9. The standard InChI is InChI=1S/C18H22N2O2S/c1-11(2)13-7-5-8-14(12(3)4)16(13)19-18(23)20-17(21)15-9-6-10-22-15/h5-12H,1-4H3,(H2,19,20,21,23). The van der Waals surface area contributed by atoms with E-state index in [-0.39, 0.29) is 16.8 Å². The molecule has 2 N–H and O–H groups in total. The highest BCUT2D eigenvalue weighted by atomic mass is 32.1. The van der Waals surface area contributed by atoms with E-state index in [4.69, 9.17) is 16.6 Å². The molecule has 4 nitrogen and oxygen atoms in total. The molecule has 2 rings (SSSR count). The van der Waals surface area contributed by atoms with Crippen LogP contribution in [0, 0.1) is 0 Å². The largest absolute Gasteiger partial charge is 0.459 e. The van der Waals surface area contributed by atoms with E-state index < -0.39 is 0 Å². The second-order valence-corrected chi connectivity index (χ2v) is 6.41. The monoisotopic (exact) mass is 330 g/mol. The van der Waals surface area contributed by atoms with Crippen LogP contribution in [0.15, 0.2) is 41.0 Å². The Morgan fingerprint density at radius 2 is 1.65 bits per heavy atom. The van der Waals surface area contributed by atoms with Gasteiger partial charge in [-0.25, -0.2) is 0 Å². The topological polar surface area (TPSA) is 54.3 Å². The average molecular weight is 330 g/mol. The van der Waals surface area contributed by atoms with Crippen molar-refractivity contribution >= 4 is 28.9 Å². The first kappa shape index (κ1) is 17.2. The molecule has 1 aromatic carbocycles. The van der Waals surface area contributed by atoms with Crippen LogP contribution in [0.2, 0.25) is 0 Å². The predicted molar refractivity (Wildman–Crippen MR) is 97.0 cm³/mol. The molecule has 0 aliphatic rings. The fourth-order valence-electron chi connectivity index (χ4n) is 2.41. The molecule has 2 aromatic rings. The predicted octanol–water partition coefficient (Wildman–Crippen LogP) is 4.65. The number of carbonyl (C=O) groups is 1. The molecule has 1 amide bonds. The molecule has 1 heterocycles. The van der Waals surface area contributed by atoms with E-state index in [2.05, 4.69) is 56.5 Å². The van der Waals surface area contributed by atoms with Gasteiger partial charge in [-0.1, -0.05) is 45.9 Å². The lowest BCUT2D eigenvalue weighted by Crippen LogP contribution is -2.34. The Kier molecular flexibility index (Phi) is 5.55. The number of hydrogen-bond acceptors (Lipinski definition) is 3. The molecule has 23 heavy (non-hydrogen) atoms. The van der Waals surface area contributed by atoms with Gasteiger partial charge in [0.1, 0.15) is 0 Å². The van der Waals surface area contributed by atoms with Crippen molar-refractivity contribution in [3.05, 3.63) is 53.5 Å². The summed E-state index contributed by atoms with van der Waals surface area (Å²) < 4.78 is 5.07. The molecule has 122 valence electrons. The zero-order valence-corrected chi connectivity index (χ0v) is 14.7. The molecule has 0 bridgehead atoms. The average Bonchev–Trinajstić information content (AvgIpc) is 3.01. The minimum absolute atomic E-state index is 0.232. The zero-order valence-electron chi connectivity index (χ0n) is 13.8. The van der Waals surface area contributed by atoms with E-state index in [1.54, 1.807) is 12.1 Å². The van der Waals surface area contributed by atoms with Crippen LogP contribution in [0.4, 0.5) is 5.69 Å². The number of benzene rings is 1. The third kappa shape index (κ3) is 4.20. The fourth-order valence-corrected chi connectivity index (χ4v) is 2.61. The van der Waals surface area contributed by atoms with Crippen LogP contribution in [0.1, 0.15) is 61.2 Å². The van der Waals surface area contributed by atoms with Gasteiger partial charge in [0.2, 0.25) is 0 Å². The van der Waals surface area contributed by atoms with Crippen molar-refractivity contribution in [2.75, 3.05) is 5.32 Å². The van der Waals surface area contributed by atoms with Crippen molar-refractivity contribution in [1.82, 2.24) is 5.32 Å². The Labute approximate surface area is 142 Å². The first-order valence-electron chi connectivity index (χ1n) is 7.68. The summed E-state index contributed by atoms with van der Waals surface area (Å²) in [6, 6.07) is 9.47. The number of thiocarbonyl (C=S) groups is 1. The van der Waals surface area contributed by atoms with Gasteiger partial charge in [-0.3, -0.25) is 10.1 Å². The highest BCUT2D eigenvalue weighted by molar-refractivity contribution is 7.80. The quantitative estimate of drug-likeness (QED) is 0.801. The number of anilines is 1. The molecule has 5 heteroatoms. The smallest absolute Gasteiger partial charge is 0.293 e. The number of nitrogens with one attached hydrogen (secondary N) is 2. The molecule has 0 atom stereocenters. The zero-order chi connectivity index (χ0) is 17.0. The van der Waals surface area contributed by atoms with Gasteiger partial charge >= 0.3 is 0 Å². The summed E-state index contributed by atoms with van der Waals surface area (Å²) in [5, 5.41) is 6.11. The highest BCUT2D eigenvalue weighted by Gasteiger charge is 2.16. The number of rotatable bonds is 4. The van der Waals surface area contributed by atoms with Gasteiger partial charge < -0.3 is 9.73 Å². The van der Waals surface area contributed by atoms with Gasteiger partial charge in [0.15, 0.2) is 10.9 Å². The van der Waals surface area contributed by atoms with Crippen molar-refractivity contribution in [1.29, 1.82) is 0 Å². The maximum atomic E-state index is 12.0. The van der Waals surface area contributed by atoms with Crippen LogP contribution in [-0.2, 0) is 0 Å². The molecular formula is C18H22N2O2S. The Morgan fingerprint density at radius 1 is 1.04 bits per heavy atom. The van der Waals surface area contributed by atoms with Gasteiger partial charge in [0.05, 0.1) is 6.26 Å². The van der Waals surface area contributed by atoms with Gasteiger partial charge in [-0.2, -0.15) is 0 Å². The summed E-state index contributed by atoms with van der Waals surface area (Å²) in [6.45, 7) is 8.54. The van der Waals surface area contributed by atoms with E-state index in [1.807, 2.05) is 0 Å². The van der Waals surface area contributed by atoms with Gasteiger partial charge in [-0.15, -0.1) is 0 Å². The first-order chi connectivity index (χ1) is 10.9. The number of carbonyl (C=O) groups excluding carboxylic acids is 1. The van der Waals surface area contributed by atoms with Crippen molar-refractivity contribution in [3.8, 4) is 0 Å². The van der Waals surface area contributed by atoms with Crippen molar-refractivity contribution in [2.45, 2.75) is 39.5 Å². The van der Waals surface area contributed by atoms with Gasteiger partial charge in [0, 0.05) is 5.69 Å². The van der Waals surface area contributed by atoms with Crippen LogP contribution in [-0.4, -0.2) is 11.0 Å². The summed E-state index contributed by atoms with van der Waals surface area (Å²) >= 11 is 5.29. The SMILES string of the molecule is CC(C)c1cccc(C(C)C)c1NC(=S)NC(=O)c1ccco1. The van der Waals surface area contributed by atoms with Crippen molar-refractivity contribution in [2.24, 2.45) is 0 Å². The number of furan rings is 1. The summed E-state index contributed by atoms with van der Waals surface area (Å²) in [6.07, 6.45) is 1.45. The van der Waals surface area contributed by atoms with E-state index in [1.165, 1.54) is 17.4 Å².